The van der Waals surface area contributed by atoms with Crippen LogP contribution in [-0.4, -0.2) is 42.2 Å². The van der Waals surface area contributed by atoms with Crippen LogP contribution in [0, 0.1) is 11.8 Å². The number of hydrogen-bond donors (Lipinski definition) is 2. The maximum Gasteiger partial charge on any atom is 0.339 e. The van der Waals surface area contributed by atoms with E-state index in [4.69, 9.17) is 4.74 Å². The average molecular weight is 405 g/mol. The van der Waals surface area contributed by atoms with Crippen molar-refractivity contribution in [2.75, 3.05) is 12.4 Å². The second-order valence-corrected chi connectivity index (χ2v) is 8.77. The fourth-order valence-corrected chi connectivity index (χ4v) is 3.98. The van der Waals surface area contributed by atoms with Crippen LogP contribution in [0.25, 0.3) is 0 Å². The summed E-state index contributed by atoms with van der Waals surface area (Å²) in [5, 5.41) is 5.87. The lowest BCUT2D eigenvalue weighted by atomic mass is 10.2. The van der Waals surface area contributed by atoms with Crippen LogP contribution < -0.4 is 10.6 Å². The molecular formula is C21H28N2O4S. The van der Waals surface area contributed by atoms with Crippen LogP contribution in [0.1, 0.15) is 49.9 Å². The lowest BCUT2D eigenvalue weighted by Gasteiger charge is -2.14. The maximum absolute atomic E-state index is 12.4. The minimum absolute atomic E-state index is 0.0407. The monoisotopic (exact) mass is 404 g/mol. The molecule has 0 unspecified atom stereocenters. The van der Waals surface area contributed by atoms with Crippen molar-refractivity contribution in [2.24, 2.45) is 11.8 Å². The van der Waals surface area contributed by atoms with E-state index in [1.807, 2.05) is 19.9 Å². The van der Waals surface area contributed by atoms with Gasteiger partial charge < -0.3 is 15.4 Å². The van der Waals surface area contributed by atoms with Crippen molar-refractivity contribution in [3.63, 3.8) is 0 Å². The number of amides is 2. The third-order valence-corrected chi connectivity index (χ3v) is 6.31. The molecular weight excluding hydrogens is 376 g/mol. The first kappa shape index (κ1) is 20.7. The van der Waals surface area contributed by atoms with Gasteiger partial charge in [-0.2, -0.15) is 0 Å². The number of carbonyl (C=O) groups is 3. The molecule has 0 aromatic heterocycles. The zero-order valence-corrected chi connectivity index (χ0v) is 17.2. The smallest absolute Gasteiger partial charge is 0.339 e. The molecule has 0 bridgehead atoms. The molecule has 0 aliphatic heterocycles. The van der Waals surface area contributed by atoms with Crippen LogP contribution in [0.4, 0.5) is 0 Å². The molecule has 2 saturated carbocycles. The number of esters is 1. The van der Waals surface area contributed by atoms with Gasteiger partial charge in [0.25, 0.3) is 5.91 Å². The molecule has 2 amide bonds. The Bertz CT molecular complexity index is 731. The molecule has 2 atom stereocenters. The molecule has 7 heteroatoms. The summed E-state index contributed by atoms with van der Waals surface area (Å²) < 4.78 is 5.18. The van der Waals surface area contributed by atoms with E-state index < -0.39 is 5.97 Å². The largest absolute Gasteiger partial charge is 0.452 e. The van der Waals surface area contributed by atoms with Gasteiger partial charge in [0.05, 0.1) is 11.3 Å². The summed E-state index contributed by atoms with van der Waals surface area (Å²) >= 11 is 1.30. The summed E-state index contributed by atoms with van der Waals surface area (Å²) in [5.74, 6) is 0.507. The molecule has 0 radical (unpaired) electrons. The number of benzene rings is 1. The van der Waals surface area contributed by atoms with Crippen LogP contribution in [0.5, 0.6) is 0 Å². The molecule has 2 fully saturated rings. The fourth-order valence-electron chi connectivity index (χ4n) is 3.13. The SMILES string of the molecule is C[C@@H](NC(=O)COC(=O)c1ccccc1SCC(=O)N[C@H](C)C1CC1)C1CC1. The van der Waals surface area contributed by atoms with Crippen molar-refractivity contribution in [3.05, 3.63) is 29.8 Å². The Hall–Kier alpha value is -2.02. The lowest BCUT2D eigenvalue weighted by Crippen LogP contribution is -2.37. The summed E-state index contributed by atoms with van der Waals surface area (Å²) in [6.07, 6.45) is 4.63. The van der Waals surface area contributed by atoms with Crippen molar-refractivity contribution < 1.29 is 19.1 Å². The summed E-state index contributed by atoms with van der Waals surface area (Å²) in [4.78, 5) is 37.1. The predicted molar refractivity (Wildman–Crippen MR) is 108 cm³/mol. The Morgan fingerprint density at radius 3 is 2.18 bits per heavy atom. The quantitative estimate of drug-likeness (QED) is 0.463. The molecule has 0 spiro atoms. The van der Waals surface area contributed by atoms with Crippen LogP contribution in [0.15, 0.2) is 29.2 Å². The highest BCUT2D eigenvalue weighted by Gasteiger charge is 2.30. The minimum atomic E-state index is -0.552. The number of ether oxygens (including phenoxy) is 1. The first-order chi connectivity index (χ1) is 13.4. The molecule has 2 aliphatic rings. The third-order valence-electron chi connectivity index (χ3n) is 5.24. The van der Waals surface area contributed by atoms with Crippen LogP contribution in [0.3, 0.4) is 0 Å². The van der Waals surface area contributed by atoms with Gasteiger partial charge in [-0.15, -0.1) is 11.8 Å². The summed E-state index contributed by atoms with van der Waals surface area (Å²) in [5.41, 5.74) is 0.374. The maximum atomic E-state index is 12.4. The van der Waals surface area contributed by atoms with E-state index in [1.54, 1.807) is 18.2 Å². The van der Waals surface area contributed by atoms with Crippen molar-refractivity contribution in [1.82, 2.24) is 10.6 Å². The van der Waals surface area contributed by atoms with Crippen LogP contribution in [-0.2, 0) is 14.3 Å². The molecule has 1 aromatic rings. The number of nitrogens with one attached hydrogen (secondary N) is 2. The first-order valence-corrected chi connectivity index (χ1v) is 10.9. The van der Waals surface area contributed by atoms with Gasteiger partial charge in [0.15, 0.2) is 6.61 Å². The zero-order valence-electron chi connectivity index (χ0n) is 16.4. The molecule has 1 aromatic carbocycles. The second kappa shape index (κ2) is 9.45. The van der Waals surface area contributed by atoms with Gasteiger partial charge in [0, 0.05) is 17.0 Å². The highest BCUT2D eigenvalue weighted by molar-refractivity contribution is 8.00. The summed E-state index contributed by atoms with van der Waals surface area (Å²) in [6, 6.07) is 7.31. The molecule has 0 heterocycles. The fraction of sp³-hybridized carbons (Fsp3) is 0.571. The first-order valence-electron chi connectivity index (χ1n) is 9.91. The van der Waals surface area contributed by atoms with Gasteiger partial charge in [-0.25, -0.2) is 4.79 Å². The van der Waals surface area contributed by atoms with Crippen LogP contribution in [0.2, 0.25) is 0 Å². The minimum Gasteiger partial charge on any atom is -0.452 e. The van der Waals surface area contributed by atoms with Gasteiger partial charge >= 0.3 is 5.97 Å². The molecule has 28 heavy (non-hydrogen) atoms. The molecule has 2 aliphatic carbocycles. The van der Waals surface area contributed by atoms with E-state index in [2.05, 4.69) is 10.6 Å². The van der Waals surface area contributed by atoms with Gasteiger partial charge in [-0.05, 0) is 63.5 Å². The second-order valence-electron chi connectivity index (χ2n) is 7.75. The molecule has 152 valence electrons. The van der Waals surface area contributed by atoms with E-state index in [0.717, 1.165) is 12.8 Å². The van der Waals surface area contributed by atoms with Crippen molar-refractivity contribution >= 4 is 29.5 Å². The van der Waals surface area contributed by atoms with Crippen molar-refractivity contribution in [1.29, 1.82) is 0 Å². The molecule has 2 N–H and O–H groups in total. The number of carbonyl (C=O) groups excluding carboxylic acids is 3. The summed E-state index contributed by atoms with van der Waals surface area (Å²) in [6.45, 7) is 3.70. The van der Waals surface area contributed by atoms with Gasteiger partial charge in [-0.1, -0.05) is 12.1 Å². The normalized spacial score (nSPS) is 18.1. The number of rotatable bonds is 10. The summed E-state index contributed by atoms with van der Waals surface area (Å²) in [7, 11) is 0. The molecule has 0 saturated heterocycles. The number of hydrogen-bond acceptors (Lipinski definition) is 5. The van der Waals surface area contributed by atoms with Gasteiger partial charge in [0.2, 0.25) is 5.91 Å². The van der Waals surface area contributed by atoms with E-state index in [-0.39, 0.29) is 36.3 Å². The Kier molecular flexibility index (Phi) is 6.99. The Balaban J connectivity index is 1.47. The lowest BCUT2D eigenvalue weighted by molar-refractivity contribution is -0.125. The van der Waals surface area contributed by atoms with E-state index >= 15 is 0 Å². The van der Waals surface area contributed by atoms with E-state index in [9.17, 15) is 14.4 Å². The standard InChI is InChI=1S/C21H28N2O4S/c1-13(15-7-8-15)22-19(24)11-27-21(26)17-5-3-4-6-18(17)28-12-20(25)23-14(2)16-9-10-16/h3-6,13-16H,7-12H2,1-2H3,(H,22,24)(H,23,25)/t13-,14-/m1/s1. The highest BCUT2D eigenvalue weighted by Crippen LogP contribution is 2.33. The Labute approximate surface area is 170 Å². The molecule has 6 nitrogen and oxygen atoms in total. The predicted octanol–water partition coefficient (Wildman–Crippen LogP) is 2.76. The third kappa shape index (κ3) is 6.26. The van der Waals surface area contributed by atoms with Crippen molar-refractivity contribution in [3.8, 4) is 0 Å². The zero-order chi connectivity index (χ0) is 20.1. The van der Waals surface area contributed by atoms with Gasteiger partial charge in [0.1, 0.15) is 0 Å². The van der Waals surface area contributed by atoms with Crippen LogP contribution >= 0.6 is 11.8 Å². The highest BCUT2D eigenvalue weighted by atomic mass is 32.2. The topological polar surface area (TPSA) is 84.5 Å². The average Bonchev–Trinajstić information content (AvgIpc) is 3.57. The Morgan fingerprint density at radius 1 is 1.00 bits per heavy atom. The number of thioether (sulfide) groups is 1. The molecule has 3 rings (SSSR count). The van der Waals surface area contributed by atoms with Crippen molar-refractivity contribution in [2.45, 2.75) is 56.5 Å². The Morgan fingerprint density at radius 2 is 1.57 bits per heavy atom. The van der Waals surface area contributed by atoms with E-state index in [0.29, 0.717) is 22.3 Å². The van der Waals surface area contributed by atoms with Gasteiger partial charge in [-0.3, -0.25) is 9.59 Å². The van der Waals surface area contributed by atoms with E-state index in [1.165, 1.54) is 24.6 Å².